The van der Waals surface area contributed by atoms with E-state index in [1.54, 1.807) is 49.6 Å². The van der Waals surface area contributed by atoms with Gasteiger partial charge in [0.05, 0.1) is 20.1 Å². The lowest BCUT2D eigenvalue weighted by Crippen LogP contribution is -2.34. The van der Waals surface area contributed by atoms with Crippen molar-refractivity contribution in [3.8, 4) is 11.5 Å². The van der Waals surface area contributed by atoms with E-state index >= 15 is 0 Å². The average molecular weight is 341 g/mol. The highest BCUT2D eigenvalue weighted by Crippen LogP contribution is 2.28. The van der Waals surface area contributed by atoms with Crippen LogP contribution in [0.4, 0.5) is 0 Å². The van der Waals surface area contributed by atoms with Crippen molar-refractivity contribution in [2.75, 3.05) is 13.7 Å². The van der Waals surface area contributed by atoms with E-state index in [1.807, 2.05) is 0 Å². The van der Waals surface area contributed by atoms with Crippen LogP contribution in [0.25, 0.3) is 0 Å². The van der Waals surface area contributed by atoms with Gasteiger partial charge in [0.15, 0.2) is 6.04 Å². The highest BCUT2D eigenvalue weighted by Gasteiger charge is 2.24. The zero-order chi connectivity index (χ0) is 17.8. The second-order valence-electron chi connectivity index (χ2n) is 5.83. The molecule has 6 nitrogen and oxygen atoms in total. The van der Waals surface area contributed by atoms with Crippen molar-refractivity contribution < 1.29 is 24.2 Å². The Labute approximate surface area is 145 Å². The lowest BCUT2D eigenvalue weighted by atomic mass is 10.0. The minimum absolute atomic E-state index is 0.0784. The van der Waals surface area contributed by atoms with Crippen LogP contribution >= 0.6 is 0 Å². The fraction of sp³-hybridized carbons (Fsp3) is 0.263. The predicted octanol–water partition coefficient (Wildman–Crippen LogP) is 2.11. The number of carboxylic acid groups (broad SMARTS) is 1. The highest BCUT2D eigenvalue weighted by molar-refractivity contribution is 5.85. The Balaban J connectivity index is 1.73. The first-order valence-electron chi connectivity index (χ1n) is 7.97. The number of ether oxygens (including phenoxy) is 2. The number of aliphatic carboxylic acids is 1. The smallest absolute Gasteiger partial charge is 0.330 e. The predicted molar refractivity (Wildman–Crippen MR) is 90.9 cm³/mol. The summed E-state index contributed by atoms with van der Waals surface area (Å²) in [4.78, 5) is 23.9. The first kappa shape index (κ1) is 16.8. The van der Waals surface area contributed by atoms with E-state index in [0.29, 0.717) is 17.9 Å². The number of carbonyl (C=O) groups excluding carboxylic acids is 1. The molecule has 0 aromatic heterocycles. The molecular formula is C19H19NO5. The second-order valence-corrected chi connectivity index (χ2v) is 5.83. The lowest BCUT2D eigenvalue weighted by Gasteiger charge is -2.16. The third kappa shape index (κ3) is 3.91. The molecule has 0 saturated carbocycles. The minimum Gasteiger partial charge on any atom is -0.497 e. The van der Waals surface area contributed by atoms with Crippen LogP contribution in [-0.4, -0.2) is 30.7 Å². The monoisotopic (exact) mass is 341 g/mol. The number of fused-ring (bicyclic) bond motifs is 1. The molecule has 6 heteroatoms. The molecular weight excluding hydrogens is 322 g/mol. The third-order valence-corrected chi connectivity index (χ3v) is 4.10. The van der Waals surface area contributed by atoms with Crippen LogP contribution in [0.5, 0.6) is 11.5 Å². The van der Waals surface area contributed by atoms with E-state index < -0.39 is 12.0 Å². The van der Waals surface area contributed by atoms with Crippen LogP contribution in [0.15, 0.2) is 42.5 Å². The summed E-state index contributed by atoms with van der Waals surface area (Å²) in [5.74, 6) is -0.0374. The van der Waals surface area contributed by atoms with Gasteiger partial charge in [0.1, 0.15) is 11.5 Å². The zero-order valence-electron chi connectivity index (χ0n) is 13.8. The summed E-state index contributed by atoms with van der Waals surface area (Å²) in [6.45, 7) is 0.596. The number of carbonyl (C=O) groups is 2. The summed E-state index contributed by atoms with van der Waals surface area (Å²) in [6.07, 6.45) is 0.822. The van der Waals surface area contributed by atoms with Gasteiger partial charge in [-0.25, -0.2) is 4.79 Å². The van der Waals surface area contributed by atoms with Crippen molar-refractivity contribution in [3.63, 3.8) is 0 Å². The van der Waals surface area contributed by atoms with Gasteiger partial charge >= 0.3 is 5.97 Å². The number of amides is 1. The first-order valence-corrected chi connectivity index (χ1v) is 7.97. The van der Waals surface area contributed by atoms with Gasteiger partial charge in [-0.1, -0.05) is 18.2 Å². The Bertz CT molecular complexity index is 802. The Hall–Kier alpha value is -3.02. The molecule has 3 rings (SSSR count). The largest absolute Gasteiger partial charge is 0.497 e. The molecule has 1 unspecified atom stereocenters. The first-order chi connectivity index (χ1) is 12.1. The molecule has 1 atom stereocenters. The quantitative estimate of drug-likeness (QED) is 0.841. The van der Waals surface area contributed by atoms with Crippen LogP contribution in [0.2, 0.25) is 0 Å². The minimum atomic E-state index is -1.10. The molecule has 0 fully saturated rings. The molecule has 0 radical (unpaired) electrons. The molecule has 0 saturated heterocycles. The Morgan fingerprint density at radius 3 is 2.88 bits per heavy atom. The van der Waals surface area contributed by atoms with Crippen molar-refractivity contribution in [1.29, 1.82) is 0 Å². The second kappa shape index (κ2) is 7.25. The maximum Gasteiger partial charge on any atom is 0.330 e. The molecule has 0 bridgehead atoms. The average Bonchev–Trinajstić information content (AvgIpc) is 3.07. The van der Waals surface area contributed by atoms with E-state index in [9.17, 15) is 14.7 Å². The van der Waals surface area contributed by atoms with Crippen molar-refractivity contribution in [1.82, 2.24) is 5.32 Å². The van der Waals surface area contributed by atoms with E-state index in [1.165, 1.54) is 0 Å². The summed E-state index contributed by atoms with van der Waals surface area (Å²) in [5.41, 5.74) is 2.25. The van der Waals surface area contributed by atoms with Crippen molar-refractivity contribution in [3.05, 3.63) is 59.2 Å². The molecule has 2 N–H and O–H groups in total. The van der Waals surface area contributed by atoms with Crippen molar-refractivity contribution in [2.24, 2.45) is 0 Å². The number of nitrogens with one attached hydrogen (secondary N) is 1. The van der Waals surface area contributed by atoms with E-state index in [-0.39, 0.29) is 12.3 Å². The summed E-state index contributed by atoms with van der Waals surface area (Å²) < 4.78 is 10.6. The molecule has 2 aromatic rings. The van der Waals surface area contributed by atoms with Gasteiger partial charge in [-0.05, 0) is 41.0 Å². The standard InChI is InChI=1S/C19H19NO5/c1-24-15-4-2-3-12(9-15)10-17(21)20-18(19(22)23)14-5-6-16-13(11-14)7-8-25-16/h2-6,9,11,18H,7-8,10H2,1H3,(H,20,21)(H,22,23). The van der Waals surface area contributed by atoms with Crippen LogP contribution < -0.4 is 14.8 Å². The molecule has 130 valence electrons. The Morgan fingerprint density at radius 2 is 2.12 bits per heavy atom. The third-order valence-electron chi connectivity index (χ3n) is 4.10. The van der Waals surface area contributed by atoms with E-state index in [0.717, 1.165) is 23.3 Å². The van der Waals surface area contributed by atoms with Crippen LogP contribution in [0.3, 0.4) is 0 Å². The summed E-state index contributed by atoms with van der Waals surface area (Å²) in [6, 6.07) is 11.2. The molecule has 25 heavy (non-hydrogen) atoms. The van der Waals surface area contributed by atoms with Gasteiger partial charge in [-0.3, -0.25) is 4.79 Å². The van der Waals surface area contributed by atoms with Crippen LogP contribution in [0.1, 0.15) is 22.7 Å². The fourth-order valence-electron chi connectivity index (χ4n) is 2.85. The molecule has 2 aromatic carbocycles. The SMILES string of the molecule is COc1cccc(CC(=O)NC(C(=O)O)c2ccc3c(c2)CCO3)c1. The number of carboxylic acids is 1. The number of hydrogen-bond acceptors (Lipinski definition) is 4. The van der Waals surface area contributed by atoms with Crippen molar-refractivity contribution >= 4 is 11.9 Å². The number of methoxy groups -OCH3 is 1. The Morgan fingerprint density at radius 1 is 1.28 bits per heavy atom. The molecule has 1 heterocycles. The van der Waals surface area contributed by atoms with Crippen LogP contribution in [0, 0.1) is 0 Å². The van der Waals surface area contributed by atoms with Gasteiger partial charge < -0.3 is 19.9 Å². The van der Waals surface area contributed by atoms with E-state index in [4.69, 9.17) is 9.47 Å². The topological polar surface area (TPSA) is 84.9 Å². The molecule has 1 aliphatic rings. The summed E-state index contributed by atoms with van der Waals surface area (Å²) in [7, 11) is 1.55. The zero-order valence-corrected chi connectivity index (χ0v) is 13.8. The molecule has 1 aliphatic heterocycles. The van der Waals surface area contributed by atoms with Gasteiger partial charge in [0, 0.05) is 6.42 Å². The van der Waals surface area contributed by atoms with Gasteiger partial charge in [0.25, 0.3) is 0 Å². The summed E-state index contributed by atoms with van der Waals surface area (Å²) >= 11 is 0. The number of benzene rings is 2. The highest BCUT2D eigenvalue weighted by atomic mass is 16.5. The van der Waals surface area contributed by atoms with Gasteiger partial charge in [-0.15, -0.1) is 0 Å². The molecule has 1 amide bonds. The number of hydrogen-bond donors (Lipinski definition) is 2. The normalized spacial score (nSPS) is 13.5. The fourth-order valence-corrected chi connectivity index (χ4v) is 2.85. The van der Waals surface area contributed by atoms with Crippen molar-refractivity contribution in [2.45, 2.75) is 18.9 Å². The summed E-state index contributed by atoms with van der Waals surface area (Å²) in [5, 5.41) is 12.1. The Kier molecular flexibility index (Phi) is 4.88. The number of rotatable bonds is 6. The molecule has 0 spiro atoms. The van der Waals surface area contributed by atoms with Crippen LogP contribution in [-0.2, 0) is 22.4 Å². The van der Waals surface area contributed by atoms with Gasteiger partial charge in [0.2, 0.25) is 5.91 Å². The van der Waals surface area contributed by atoms with E-state index in [2.05, 4.69) is 5.32 Å². The maximum absolute atomic E-state index is 12.3. The maximum atomic E-state index is 12.3. The molecule has 0 aliphatic carbocycles. The lowest BCUT2D eigenvalue weighted by molar-refractivity contribution is -0.141. The van der Waals surface area contributed by atoms with Gasteiger partial charge in [-0.2, -0.15) is 0 Å².